The molecule has 214 valence electrons. The summed E-state index contributed by atoms with van der Waals surface area (Å²) in [7, 11) is -2.84. The molecule has 2 saturated heterocycles. The van der Waals surface area contributed by atoms with E-state index in [4.69, 9.17) is 9.47 Å². The summed E-state index contributed by atoms with van der Waals surface area (Å²) >= 11 is 0. The summed E-state index contributed by atoms with van der Waals surface area (Å²) in [5.74, 6) is -0.654. The van der Waals surface area contributed by atoms with Crippen molar-refractivity contribution < 1.29 is 31.5 Å². The second-order valence-electron chi connectivity index (χ2n) is 11.5. The zero-order valence-corrected chi connectivity index (χ0v) is 23.7. The molecule has 0 aliphatic carbocycles. The number of amides is 1. The monoisotopic (exact) mass is 573 g/mol. The maximum absolute atomic E-state index is 14.9. The molecule has 40 heavy (non-hydrogen) atoms. The largest absolute Gasteiger partial charge is 0.444 e. The predicted octanol–water partition coefficient (Wildman–Crippen LogP) is 5.12. The Kier molecular flexibility index (Phi) is 7.39. The lowest BCUT2D eigenvalue weighted by atomic mass is 10.0. The van der Waals surface area contributed by atoms with Crippen LogP contribution in [0.15, 0.2) is 59.6 Å². The molecule has 0 spiro atoms. The molecule has 2 unspecified atom stereocenters. The summed E-state index contributed by atoms with van der Waals surface area (Å²) in [5.41, 5.74) is 0.303. The second-order valence-corrected chi connectivity index (χ2v) is 13.3. The van der Waals surface area contributed by atoms with E-state index in [0.717, 1.165) is 10.0 Å². The summed E-state index contributed by atoms with van der Waals surface area (Å²) in [5, 5.41) is 0. The fourth-order valence-electron chi connectivity index (χ4n) is 5.22. The molecule has 11 heteroatoms. The van der Waals surface area contributed by atoms with Gasteiger partial charge >= 0.3 is 6.09 Å². The molecule has 2 atom stereocenters. The summed E-state index contributed by atoms with van der Waals surface area (Å²) < 4.78 is 69.7. The normalized spacial score (nSPS) is 19.1. The molecule has 3 aromatic rings. The van der Waals surface area contributed by atoms with Gasteiger partial charge in [-0.15, -0.1) is 0 Å². The Labute approximate surface area is 233 Å². The molecule has 0 bridgehead atoms. The van der Waals surface area contributed by atoms with Crippen LogP contribution in [0.1, 0.15) is 26.3 Å². The molecule has 1 aromatic heterocycles. The Hall–Kier alpha value is -3.44. The van der Waals surface area contributed by atoms with Gasteiger partial charge in [-0.3, -0.25) is 0 Å². The van der Waals surface area contributed by atoms with E-state index in [2.05, 4.69) is 0 Å². The van der Waals surface area contributed by atoms with E-state index < -0.39 is 33.4 Å². The first-order valence-electron chi connectivity index (χ1n) is 13.1. The van der Waals surface area contributed by atoms with Crippen molar-refractivity contribution in [3.63, 3.8) is 0 Å². The van der Waals surface area contributed by atoms with Crippen molar-refractivity contribution in [3.05, 3.63) is 71.9 Å². The fraction of sp³-hybridized carbons (Fsp3) is 0.414. The van der Waals surface area contributed by atoms with Gasteiger partial charge in [-0.05, 0) is 62.7 Å². The molecular weight excluding hydrogens is 540 g/mol. The van der Waals surface area contributed by atoms with E-state index in [1.165, 1.54) is 54.5 Å². The summed E-state index contributed by atoms with van der Waals surface area (Å²) in [6.45, 7) is 7.81. The lowest BCUT2D eigenvalue weighted by molar-refractivity contribution is 0.0285. The molecule has 0 saturated carbocycles. The van der Waals surface area contributed by atoms with E-state index in [9.17, 15) is 22.0 Å². The quantitative estimate of drug-likeness (QED) is 0.407. The number of hydrogen-bond donors (Lipinski definition) is 0. The molecule has 0 N–H and O–H groups in total. The number of nitrogens with zero attached hydrogens (tertiary/aromatic N) is 3. The van der Waals surface area contributed by atoms with Gasteiger partial charge in [0, 0.05) is 49.4 Å². The average molecular weight is 574 g/mol. The highest BCUT2D eigenvalue weighted by Gasteiger charge is 2.37. The van der Waals surface area contributed by atoms with E-state index in [-0.39, 0.29) is 22.7 Å². The van der Waals surface area contributed by atoms with Crippen LogP contribution in [-0.4, -0.2) is 62.3 Å². The van der Waals surface area contributed by atoms with E-state index in [1.54, 1.807) is 26.8 Å². The van der Waals surface area contributed by atoms with Crippen LogP contribution in [0.4, 0.5) is 19.3 Å². The fourth-order valence-corrected chi connectivity index (χ4v) is 6.66. The smallest absolute Gasteiger partial charge is 0.410 e. The van der Waals surface area contributed by atoms with Crippen LogP contribution in [0.25, 0.3) is 11.3 Å². The Balaban J connectivity index is 1.53. The number of hydrogen-bond acceptors (Lipinski definition) is 6. The zero-order valence-electron chi connectivity index (χ0n) is 22.9. The van der Waals surface area contributed by atoms with Crippen LogP contribution in [0, 0.1) is 23.5 Å². The molecule has 2 aliphatic rings. The average Bonchev–Trinajstić information content (AvgIpc) is 3.58. The van der Waals surface area contributed by atoms with Gasteiger partial charge in [-0.25, -0.2) is 26.0 Å². The number of benzene rings is 2. The van der Waals surface area contributed by atoms with Crippen molar-refractivity contribution in [3.8, 4) is 11.3 Å². The molecule has 5 rings (SSSR count). The zero-order chi connectivity index (χ0) is 28.8. The molecule has 8 nitrogen and oxygen atoms in total. The van der Waals surface area contributed by atoms with E-state index >= 15 is 0 Å². The van der Waals surface area contributed by atoms with Crippen molar-refractivity contribution in [1.82, 2.24) is 8.87 Å². The first-order chi connectivity index (χ1) is 18.8. The lowest BCUT2D eigenvalue weighted by Crippen LogP contribution is -2.33. The second kappa shape index (κ2) is 10.5. The van der Waals surface area contributed by atoms with Crippen LogP contribution in [-0.2, 0) is 26.0 Å². The van der Waals surface area contributed by atoms with Crippen LogP contribution < -0.4 is 4.90 Å². The van der Waals surface area contributed by atoms with Crippen molar-refractivity contribution in [2.24, 2.45) is 11.8 Å². The number of aromatic nitrogens is 1. The van der Waals surface area contributed by atoms with Gasteiger partial charge in [-0.1, -0.05) is 12.1 Å². The first kappa shape index (κ1) is 28.1. The molecule has 2 aromatic carbocycles. The third-order valence-electron chi connectivity index (χ3n) is 7.14. The maximum Gasteiger partial charge on any atom is 0.410 e. The minimum atomic E-state index is -4.37. The molecule has 0 radical (unpaired) electrons. The number of halogens is 2. The van der Waals surface area contributed by atoms with Crippen molar-refractivity contribution >= 4 is 21.8 Å². The Bertz CT molecular complexity index is 1520. The summed E-state index contributed by atoms with van der Waals surface area (Å²) in [4.78, 5) is 15.6. The minimum absolute atomic E-state index is 0.00587. The van der Waals surface area contributed by atoms with E-state index in [0.29, 0.717) is 49.4 Å². The Morgan fingerprint density at radius 3 is 2.40 bits per heavy atom. The van der Waals surface area contributed by atoms with Crippen molar-refractivity contribution in [2.75, 3.05) is 38.3 Å². The standard InChI is InChI=1S/C29H33F2N3O5S/c1-29(2,3)39-28(35)32(4)13-19-9-27(25-7-5-6-8-26(25)31)34(14-19)40(36,37)24-11-22(30)10-23(12-24)33-15-20-17-38-18-21(20)16-33/h5-12,14,20-21H,13,15-18H2,1-4H3. The molecule has 3 heterocycles. The van der Waals surface area contributed by atoms with Gasteiger partial charge < -0.3 is 19.3 Å². The predicted molar refractivity (Wildman–Crippen MR) is 147 cm³/mol. The first-order valence-corrected chi connectivity index (χ1v) is 14.5. The van der Waals surface area contributed by atoms with Gasteiger partial charge in [0.25, 0.3) is 10.0 Å². The number of fused-ring (bicyclic) bond motifs is 1. The topological polar surface area (TPSA) is 81.1 Å². The van der Waals surface area contributed by atoms with Gasteiger partial charge in [0.1, 0.15) is 17.2 Å². The minimum Gasteiger partial charge on any atom is -0.444 e. The highest BCUT2D eigenvalue weighted by Crippen LogP contribution is 2.35. The van der Waals surface area contributed by atoms with Gasteiger partial charge in [0.15, 0.2) is 0 Å². The van der Waals surface area contributed by atoms with Crippen molar-refractivity contribution in [2.45, 2.75) is 37.8 Å². The van der Waals surface area contributed by atoms with Gasteiger partial charge in [0.05, 0.1) is 30.3 Å². The van der Waals surface area contributed by atoms with Crippen LogP contribution in [0.2, 0.25) is 0 Å². The highest BCUT2D eigenvalue weighted by atomic mass is 32.2. The molecule has 2 aliphatic heterocycles. The summed E-state index contributed by atoms with van der Waals surface area (Å²) in [6, 6.07) is 11.1. The van der Waals surface area contributed by atoms with Gasteiger partial charge in [-0.2, -0.15) is 0 Å². The SMILES string of the molecule is CN(Cc1cc(-c2ccccc2F)n(S(=O)(=O)c2cc(F)cc(N3CC4COCC4C3)c2)c1)C(=O)OC(C)(C)C. The number of ether oxygens (including phenoxy) is 2. The number of carbonyl (C=O) groups is 1. The van der Waals surface area contributed by atoms with Gasteiger partial charge in [0.2, 0.25) is 0 Å². The van der Waals surface area contributed by atoms with Crippen LogP contribution >= 0.6 is 0 Å². The lowest BCUT2D eigenvalue weighted by Gasteiger charge is -2.24. The van der Waals surface area contributed by atoms with Crippen LogP contribution in [0.5, 0.6) is 0 Å². The maximum atomic E-state index is 14.9. The number of rotatable bonds is 6. The third kappa shape index (κ3) is 5.71. The highest BCUT2D eigenvalue weighted by molar-refractivity contribution is 7.90. The summed E-state index contributed by atoms with van der Waals surface area (Å²) in [6.07, 6.45) is 0.742. The molecular formula is C29H33F2N3O5S. The Morgan fingerprint density at radius 2 is 1.75 bits per heavy atom. The molecule has 2 fully saturated rings. The number of anilines is 1. The number of carbonyl (C=O) groups excluding carboxylic acids is 1. The van der Waals surface area contributed by atoms with Crippen molar-refractivity contribution in [1.29, 1.82) is 0 Å². The van der Waals surface area contributed by atoms with E-state index in [1.807, 2.05) is 4.90 Å². The third-order valence-corrected chi connectivity index (χ3v) is 8.79. The van der Waals surface area contributed by atoms with Crippen LogP contribution in [0.3, 0.4) is 0 Å². The Morgan fingerprint density at radius 1 is 1.07 bits per heavy atom. The molecule has 1 amide bonds.